The molecule has 7 nitrogen and oxygen atoms in total. The van der Waals surface area contributed by atoms with E-state index in [9.17, 15) is 4.79 Å². The molecule has 4 rings (SSSR count). The molecule has 0 unspecified atom stereocenters. The quantitative estimate of drug-likeness (QED) is 0.800. The maximum Gasteiger partial charge on any atom is 0.226 e. The zero-order valence-corrected chi connectivity index (χ0v) is 17.6. The highest BCUT2D eigenvalue weighted by Gasteiger charge is 2.34. The molecule has 0 radical (unpaired) electrons. The second-order valence-electron chi connectivity index (χ2n) is 8.09. The first-order valence-corrected chi connectivity index (χ1v) is 10.5. The van der Waals surface area contributed by atoms with Crippen molar-refractivity contribution in [1.82, 2.24) is 25.3 Å². The van der Waals surface area contributed by atoms with Gasteiger partial charge in [-0.25, -0.2) is 0 Å². The fourth-order valence-electron chi connectivity index (χ4n) is 4.48. The molecule has 0 aliphatic carbocycles. The highest BCUT2D eigenvalue weighted by atomic mass is 35.5. The average Bonchev–Trinajstić information content (AvgIpc) is 3.11. The number of nitrogens with one attached hydrogen (secondary N) is 1. The lowest BCUT2D eigenvalue weighted by molar-refractivity contribution is -0.131. The molecule has 158 valence electrons. The molecule has 2 fully saturated rings. The second kappa shape index (κ2) is 10.2. The molecular weight excluding hydrogens is 390 g/mol. The number of piperidine rings is 1. The van der Waals surface area contributed by atoms with Gasteiger partial charge in [0, 0.05) is 43.9 Å². The SMILES string of the molecule is Cl.O=C(CCCc1nc(-c2ccncc2)no1)N1CCCC2(CCNCC2)CC1. The Balaban J connectivity index is 0.00000240. The number of likely N-dealkylation sites (tertiary alicyclic amines) is 1. The molecule has 0 bridgehead atoms. The number of carbonyl (C=O) groups excluding carboxylic acids is 1. The minimum Gasteiger partial charge on any atom is -0.343 e. The van der Waals surface area contributed by atoms with E-state index < -0.39 is 0 Å². The Labute approximate surface area is 178 Å². The van der Waals surface area contributed by atoms with Gasteiger partial charge in [0.1, 0.15) is 0 Å². The Morgan fingerprint density at radius 1 is 1.14 bits per heavy atom. The van der Waals surface area contributed by atoms with Crippen molar-refractivity contribution in [3.63, 3.8) is 0 Å². The number of aryl methyl sites for hydroxylation is 1. The Morgan fingerprint density at radius 3 is 2.72 bits per heavy atom. The lowest BCUT2D eigenvalue weighted by Crippen LogP contribution is -2.38. The fraction of sp³-hybridized carbons (Fsp3) is 0.619. The molecule has 1 spiro atoms. The lowest BCUT2D eigenvalue weighted by Gasteiger charge is -2.37. The van der Waals surface area contributed by atoms with Gasteiger partial charge in [-0.15, -0.1) is 12.4 Å². The summed E-state index contributed by atoms with van der Waals surface area (Å²) in [6.07, 6.45) is 11.4. The third kappa shape index (κ3) is 5.54. The monoisotopic (exact) mass is 419 g/mol. The smallest absolute Gasteiger partial charge is 0.226 e. The van der Waals surface area contributed by atoms with Crippen molar-refractivity contribution in [3.05, 3.63) is 30.4 Å². The highest BCUT2D eigenvalue weighted by Crippen LogP contribution is 2.39. The average molecular weight is 420 g/mol. The molecule has 0 atom stereocenters. The van der Waals surface area contributed by atoms with Crippen LogP contribution in [0.5, 0.6) is 0 Å². The van der Waals surface area contributed by atoms with Gasteiger partial charge in [-0.3, -0.25) is 9.78 Å². The number of aromatic nitrogens is 3. The van der Waals surface area contributed by atoms with Crippen molar-refractivity contribution >= 4 is 18.3 Å². The highest BCUT2D eigenvalue weighted by molar-refractivity contribution is 5.85. The summed E-state index contributed by atoms with van der Waals surface area (Å²) in [5.74, 6) is 1.42. The van der Waals surface area contributed by atoms with Crippen LogP contribution >= 0.6 is 12.4 Å². The number of pyridine rings is 1. The van der Waals surface area contributed by atoms with Gasteiger partial charge >= 0.3 is 0 Å². The van der Waals surface area contributed by atoms with Crippen LogP contribution in [0.1, 0.15) is 50.8 Å². The van der Waals surface area contributed by atoms with Gasteiger partial charge in [-0.05, 0) is 69.2 Å². The molecule has 1 amide bonds. The first-order valence-electron chi connectivity index (χ1n) is 10.5. The van der Waals surface area contributed by atoms with Gasteiger partial charge in [0.05, 0.1) is 0 Å². The van der Waals surface area contributed by atoms with Crippen LogP contribution in [0.15, 0.2) is 29.0 Å². The van der Waals surface area contributed by atoms with Crippen molar-refractivity contribution in [2.24, 2.45) is 5.41 Å². The van der Waals surface area contributed by atoms with E-state index >= 15 is 0 Å². The standard InChI is InChI=1S/C21H29N5O2.ClH/c27-19(26-15-2-7-21(10-16-26)8-13-23-14-9-21)4-1-3-18-24-20(25-28-18)17-5-11-22-12-6-17;/h5-6,11-12,23H,1-4,7-10,13-16H2;1H. The summed E-state index contributed by atoms with van der Waals surface area (Å²) in [7, 11) is 0. The van der Waals surface area contributed by atoms with Crippen molar-refractivity contribution < 1.29 is 9.32 Å². The number of nitrogens with zero attached hydrogens (tertiary/aromatic N) is 4. The predicted octanol–water partition coefficient (Wildman–Crippen LogP) is 3.26. The molecule has 4 heterocycles. The zero-order chi connectivity index (χ0) is 19.2. The Hall–Kier alpha value is -1.99. The summed E-state index contributed by atoms with van der Waals surface area (Å²) in [6, 6.07) is 3.71. The minimum atomic E-state index is 0. The van der Waals surface area contributed by atoms with Gasteiger partial charge in [0.25, 0.3) is 0 Å². The molecule has 29 heavy (non-hydrogen) atoms. The van der Waals surface area contributed by atoms with Crippen LogP contribution in [0, 0.1) is 5.41 Å². The van der Waals surface area contributed by atoms with Crippen LogP contribution < -0.4 is 5.32 Å². The van der Waals surface area contributed by atoms with E-state index in [1.54, 1.807) is 12.4 Å². The summed E-state index contributed by atoms with van der Waals surface area (Å²) in [5, 5.41) is 7.48. The van der Waals surface area contributed by atoms with Crippen LogP contribution in [-0.4, -0.2) is 52.1 Å². The van der Waals surface area contributed by atoms with Gasteiger partial charge < -0.3 is 14.7 Å². The predicted molar refractivity (Wildman–Crippen MR) is 113 cm³/mol. The minimum absolute atomic E-state index is 0. The summed E-state index contributed by atoms with van der Waals surface area (Å²) >= 11 is 0. The van der Waals surface area contributed by atoms with E-state index in [0.717, 1.165) is 51.0 Å². The largest absolute Gasteiger partial charge is 0.343 e. The van der Waals surface area contributed by atoms with E-state index in [4.69, 9.17) is 4.52 Å². The van der Waals surface area contributed by atoms with E-state index in [1.807, 2.05) is 12.1 Å². The van der Waals surface area contributed by atoms with E-state index in [1.165, 1.54) is 19.3 Å². The van der Waals surface area contributed by atoms with E-state index in [2.05, 4.69) is 25.3 Å². The molecule has 8 heteroatoms. The van der Waals surface area contributed by atoms with Crippen LogP contribution in [0.4, 0.5) is 0 Å². The molecule has 2 aliphatic heterocycles. The summed E-state index contributed by atoms with van der Waals surface area (Å²) in [6.45, 7) is 4.06. The maximum absolute atomic E-state index is 12.7. The Morgan fingerprint density at radius 2 is 1.93 bits per heavy atom. The molecule has 2 aliphatic rings. The van der Waals surface area contributed by atoms with Crippen LogP contribution in [0.25, 0.3) is 11.4 Å². The number of rotatable bonds is 5. The van der Waals surface area contributed by atoms with Crippen LogP contribution in [-0.2, 0) is 11.2 Å². The first kappa shape index (κ1) is 21.7. The molecule has 1 N–H and O–H groups in total. The summed E-state index contributed by atoms with van der Waals surface area (Å²) in [4.78, 5) is 23.2. The van der Waals surface area contributed by atoms with Gasteiger partial charge in [-0.1, -0.05) is 5.16 Å². The molecule has 2 aromatic rings. The van der Waals surface area contributed by atoms with E-state index in [0.29, 0.717) is 30.0 Å². The molecule has 0 saturated carbocycles. The molecule has 0 aromatic carbocycles. The summed E-state index contributed by atoms with van der Waals surface area (Å²) in [5.41, 5.74) is 1.35. The molecular formula is C21H30ClN5O2. The Bertz CT molecular complexity index is 776. The lowest BCUT2D eigenvalue weighted by atomic mass is 9.73. The number of carbonyl (C=O) groups is 1. The molecule has 2 aromatic heterocycles. The topological polar surface area (TPSA) is 84.1 Å². The van der Waals surface area contributed by atoms with Crippen molar-refractivity contribution in [3.8, 4) is 11.4 Å². The van der Waals surface area contributed by atoms with Crippen molar-refractivity contribution in [1.29, 1.82) is 0 Å². The van der Waals surface area contributed by atoms with Gasteiger partial charge in [-0.2, -0.15) is 4.98 Å². The fourth-order valence-corrected chi connectivity index (χ4v) is 4.48. The first-order chi connectivity index (χ1) is 13.7. The third-order valence-electron chi connectivity index (χ3n) is 6.25. The third-order valence-corrected chi connectivity index (χ3v) is 6.25. The van der Waals surface area contributed by atoms with Crippen molar-refractivity contribution in [2.45, 2.75) is 51.4 Å². The number of amides is 1. The van der Waals surface area contributed by atoms with Gasteiger partial charge in [0.2, 0.25) is 17.6 Å². The van der Waals surface area contributed by atoms with Crippen LogP contribution in [0.3, 0.4) is 0 Å². The number of hydrogen-bond acceptors (Lipinski definition) is 6. The van der Waals surface area contributed by atoms with Crippen molar-refractivity contribution in [2.75, 3.05) is 26.2 Å². The van der Waals surface area contributed by atoms with Crippen LogP contribution in [0.2, 0.25) is 0 Å². The second-order valence-corrected chi connectivity index (χ2v) is 8.09. The van der Waals surface area contributed by atoms with Gasteiger partial charge in [0.15, 0.2) is 0 Å². The normalized spacial score (nSPS) is 18.8. The van der Waals surface area contributed by atoms with E-state index in [-0.39, 0.29) is 18.3 Å². The zero-order valence-electron chi connectivity index (χ0n) is 16.8. The maximum atomic E-state index is 12.7. The number of hydrogen-bond donors (Lipinski definition) is 1. The number of halogens is 1. The molecule has 2 saturated heterocycles. The summed E-state index contributed by atoms with van der Waals surface area (Å²) < 4.78 is 5.33. The Kier molecular flexibility index (Phi) is 7.61.